The van der Waals surface area contributed by atoms with Gasteiger partial charge in [0.2, 0.25) is 0 Å². The Morgan fingerprint density at radius 2 is 1.93 bits per heavy atom. The van der Waals surface area contributed by atoms with E-state index in [4.69, 9.17) is 33.0 Å². The zero-order chi connectivity index (χ0) is 21.3. The van der Waals surface area contributed by atoms with Crippen LogP contribution in [0, 0.1) is 13.8 Å². The fourth-order valence-corrected chi connectivity index (χ4v) is 4.51. The van der Waals surface area contributed by atoms with Gasteiger partial charge in [-0.25, -0.2) is 0 Å². The summed E-state index contributed by atoms with van der Waals surface area (Å²) in [4.78, 5) is 14.6. The van der Waals surface area contributed by atoms with Crippen LogP contribution in [0.4, 0.5) is 0 Å². The van der Waals surface area contributed by atoms with Gasteiger partial charge in [-0.3, -0.25) is 9.69 Å². The van der Waals surface area contributed by atoms with E-state index < -0.39 is 0 Å². The first kappa shape index (κ1) is 20.9. The molecule has 1 aromatic carbocycles. The van der Waals surface area contributed by atoms with Crippen molar-refractivity contribution in [1.82, 2.24) is 10.2 Å². The van der Waals surface area contributed by atoms with Crippen LogP contribution < -0.4 is 10.1 Å². The second kappa shape index (κ2) is 8.82. The third kappa shape index (κ3) is 4.40. The van der Waals surface area contributed by atoms with Gasteiger partial charge in [-0.15, -0.1) is 0 Å². The second-order valence-corrected chi connectivity index (χ2v) is 8.68. The predicted molar refractivity (Wildman–Crippen MR) is 121 cm³/mol. The predicted octanol–water partition coefficient (Wildman–Crippen LogP) is 5.52. The lowest BCUT2D eigenvalue weighted by molar-refractivity contribution is -0.124. The van der Waals surface area contributed by atoms with E-state index in [2.05, 4.69) is 5.32 Å². The van der Waals surface area contributed by atoms with E-state index in [9.17, 15) is 4.79 Å². The number of aryl methyl sites for hydroxylation is 2. The number of nitrogens with zero attached hydrogens (tertiary/aromatic N) is 1. The first-order valence-electron chi connectivity index (χ1n) is 10.3. The topological polar surface area (TPSA) is 54.7 Å². The number of hydrogen-bond acceptors (Lipinski definition) is 4. The van der Waals surface area contributed by atoms with Crippen molar-refractivity contribution in [3.05, 3.63) is 57.6 Å². The summed E-state index contributed by atoms with van der Waals surface area (Å²) in [5.74, 6) is 1.92. The number of thiocarbonyl (C=S) groups is 1. The Hall–Kier alpha value is -2.31. The fraction of sp³-hybridized carbons (Fsp3) is 0.391. The molecule has 30 heavy (non-hydrogen) atoms. The number of carbonyl (C=O) groups excluding carboxylic acids is 1. The standard InChI is InChI=1S/C23H25ClN2O3S/c1-14-10-19(11-15(2)21(14)24)28-13-18-9-8-17(29-18)12-20-22(27)26(23(30)25-20)16-6-4-3-5-7-16/h8-12,16H,3-7,13H2,1-2H3,(H,25,30). The highest BCUT2D eigenvalue weighted by molar-refractivity contribution is 7.80. The van der Waals surface area contributed by atoms with Gasteiger partial charge in [0.25, 0.3) is 5.91 Å². The smallest absolute Gasteiger partial charge is 0.276 e. The molecular formula is C23H25ClN2O3S. The van der Waals surface area contributed by atoms with Crippen LogP contribution in [-0.2, 0) is 11.4 Å². The molecule has 1 aromatic heterocycles. The number of rotatable bonds is 5. The van der Waals surface area contributed by atoms with Crippen LogP contribution in [0.15, 0.2) is 34.4 Å². The highest BCUT2D eigenvalue weighted by Gasteiger charge is 2.36. The van der Waals surface area contributed by atoms with Gasteiger partial charge in [0.1, 0.15) is 29.6 Å². The summed E-state index contributed by atoms with van der Waals surface area (Å²) >= 11 is 11.6. The van der Waals surface area contributed by atoms with Gasteiger partial charge in [0, 0.05) is 17.1 Å². The summed E-state index contributed by atoms with van der Waals surface area (Å²) in [6.45, 7) is 4.19. The Morgan fingerprint density at radius 3 is 2.63 bits per heavy atom. The zero-order valence-electron chi connectivity index (χ0n) is 17.2. The Balaban J connectivity index is 1.42. The van der Waals surface area contributed by atoms with E-state index in [1.807, 2.05) is 38.1 Å². The average molecular weight is 445 g/mol. The van der Waals surface area contributed by atoms with Crippen LogP contribution in [-0.4, -0.2) is 22.0 Å². The van der Waals surface area contributed by atoms with Crippen molar-refractivity contribution in [3.63, 3.8) is 0 Å². The summed E-state index contributed by atoms with van der Waals surface area (Å²) in [6, 6.07) is 7.68. The van der Waals surface area contributed by atoms with Gasteiger partial charge in [-0.05, 0) is 74.3 Å². The fourth-order valence-electron chi connectivity index (χ4n) is 4.06. The van der Waals surface area contributed by atoms with Gasteiger partial charge in [0.15, 0.2) is 5.11 Å². The van der Waals surface area contributed by atoms with Crippen molar-refractivity contribution in [2.75, 3.05) is 0 Å². The van der Waals surface area contributed by atoms with Crippen LogP contribution in [0.25, 0.3) is 6.08 Å². The number of furan rings is 1. The van der Waals surface area contributed by atoms with Crippen LogP contribution in [0.5, 0.6) is 5.75 Å². The maximum atomic E-state index is 12.9. The Kier molecular flexibility index (Phi) is 6.16. The van der Waals surface area contributed by atoms with E-state index in [1.165, 1.54) is 6.42 Å². The van der Waals surface area contributed by atoms with Crippen LogP contribution in [0.3, 0.4) is 0 Å². The first-order valence-corrected chi connectivity index (χ1v) is 11.1. The number of benzene rings is 1. The molecule has 7 heteroatoms. The lowest BCUT2D eigenvalue weighted by atomic mass is 9.94. The quantitative estimate of drug-likeness (QED) is 0.486. The molecule has 4 rings (SSSR count). The monoisotopic (exact) mass is 444 g/mol. The van der Waals surface area contributed by atoms with Crippen molar-refractivity contribution in [2.45, 2.75) is 58.6 Å². The number of nitrogens with one attached hydrogen (secondary N) is 1. The lowest BCUT2D eigenvalue weighted by Crippen LogP contribution is -2.41. The minimum atomic E-state index is -0.0757. The van der Waals surface area contributed by atoms with E-state index in [0.29, 0.717) is 22.3 Å². The Bertz CT molecular complexity index is 985. The van der Waals surface area contributed by atoms with Gasteiger partial charge in [-0.2, -0.15) is 0 Å². The van der Waals surface area contributed by atoms with E-state index in [0.717, 1.165) is 47.6 Å². The molecule has 0 atom stereocenters. The number of carbonyl (C=O) groups is 1. The van der Waals surface area contributed by atoms with Crippen molar-refractivity contribution in [3.8, 4) is 5.75 Å². The highest BCUT2D eigenvalue weighted by Crippen LogP contribution is 2.28. The molecule has 1 aliphatic carbocycles. The molecule has 1 saturated carbocycles. The number of hydrogen-bond donors (Lipinski definition) is 1. The largest absolute Gasteiger partial charge is 0.486 e. The number of halogens is 1. The molecule has 2 fully saturated rings. The minimum absolute atomic E-state index is 0.0757. The molecule has 1 saturated heterocycles. The summed E-state index contributed by atoms with van der Waals surface area (Å²) in [7, 11) is 0. The number of ether oxygens (including phenoxy) is 1. The normalized spacial score (nSPS) is 18.9. The molecular weight excluding hydrogens is 420 g/mol. The van der Waals surface area contributed by atoms with E-state index in [-0.39, 0.29) is 18.6 Å². The van der Waals surface area contributed by atoms with Crippen molar-refractivity contribution >= 4 is 40.9 Å². The van der Waals surface area contributed by atoms with Crippen LogP contribution >= 0.6 is 23.8 Å². The summed E-state index contributed by atoms with van der Waals surface area (Å²) in [5, 5.41) is 4.29. The summed E-state index contributed by atoms with van der Waals surface area (Å²) < 4.78 is 11.7. The molecule has 158 valence electrons. The van der Waals surface area contributed by atoms with Gasteiger partial charge in [0.05, 0.1) is 0 Å². The Morgan fingerprint density at radius 1 is 1.23 bits per heavy atom. The minimum Gasteiger partial charge on any atom is -0.486 e. The molecule has 2 aromatic rings. The van der Waals surface area contributed by atoms with Crippen LogP contribution in [0.2, 0.25) is 5.02 Å². The van der Waals surface area contributed by atoms with E-state index in [1.54, 1.807) is 11.0 Å². The second-order valence-electron chi connectivity index (χ2n) is 7.92. The first-order chi connectivity index (χ1) is 14.4. The molecule has 5 nitrogen and oxygen atoms in total. The van der Waals surface area contributed by atoms with Gasteiger partial charge >= 0.3 is 0 Å². The highest BCUT2D eigenvalue weighted by atomic mass is 35.5. The molecule has 0 unspecified atom stereocenters. The molecule has 0 radical (unpaired) electrons. The maximum absolute atomic E-state index is 12.9. The summed E-state index contributed by atoms with van der Waals surface area (Å²) in [5.41, 5.74) is 2.40. The SMILES string of the molecule is Cc1cc(OCc2ccc(C=C3NC(=S)N(C4CCCCC4)C3=O)o2)cc(C)c1Cl. The molecule has 1 N–H and O–H groups in total. The average Bonchev–Trinajstić information content (AvgIpc) is 3.29. The molecule has 0 spiro atoms. The third-order valence-corrected chi connectivity index (χ3v) is 6.50. The lowest BCUT2D eigenvalue weighted by Gasteiger charge is -2.29. The number of amides is 1. The molecule has 1 amide bonds. The van der Waals surface area contributed by atoms with Crippen LogP contribution in [0.1, 0.15) is 54.8 Å². The summed E-state index contributed by atoms with van der Waals surface area (Å²) in [6.07, 6.45) is 7.24. The van der Waals surface area contributed by atoms with Crippen molar-refractivity contribution in [1.29, 1.82) is 0 Å². The molecule has 1 aliphatic heterocycles. The molecule has 0 bridgehead atoms. The van der Waals surface area contributed by atoms with Crippen molar-refractivity contribution in [2.24, 2.45) is 0 Å². The van der Waals surface area contributed by atoms with Gasteiger partial charge < -0.3 is 14.5 Å². The Labute approximate surface area is 187 Å². The molecule has 2 aliphatic rings. The van der Waals surface area contributed by atoms with Gasteiger partial charge in [-0.1, -0.05) is 30.9 Å². The maximum Gasteiger partial charge on any atom is 0.276 e. The van der Waals surface area contributed by atoms with Crippen molar-refractivity contribution < 1.29 is 13.9 Å². The third-order valence-electron chi connectivity index (χ3n) is 5.61. The van der Waals surface area contributed by atoms with E-state index >= 15 is 0 Å². The molecule has 2 heterocycles. The zero-order valence-corrected chi connectivity index (χ0v) is 18.7.